The van der Waals surface area contributed by atoms with E-state index in [-0.39, 0.29) is 0 Å². The molecule has 1 fully saturated rings. The van der Waals surface area contributed by atoms with Gasteiger partial charge < -0.3 is 0 Å². The van der Waals surface area contributed by atoms with E-state index >= 15 is 0 Å². The predicted molar refractivity (Wildman–Crippen MR) is 94.6 cm³/mol. The van der Waals surface area contributed by atoms with Crippen LogP contribution in [0.2, 0.25) is 13.3 Å². The van der Waals surface area contributed by atoms with E-state index in [0.29, 0.717) is 0 Å². The van der Waals surface area contributed by atoms with Crippen molar-refractivity contribution in [1.29, 1.82) is 0 Å². The Labute approximate surface area is 132 Å². The maximum atomic E-state index is 4.04. The molecule has 0 heterocycles. The van der Waals surface area contributed by atoms with Crippen LogP contribution >= 0.6 is 0 Å². The van der Waals surface area contributed by atoms with Crippen LogP contribution in [0.3, 0.4) is 0 Å². The van der Waals surface area contributed by atoms with Gasteiger partial charge in [-0.1, -0.05) is 0 Å². The second-order valence-electron chi connectivity index (χ2n) is 6.84. The van der Waals surface area contributed by atoms with Crippen LogP contribution in [0.1, 0.15) is 85.0 Å². The Kier molecular flexibility index (Phi) is 10.1. The van der Waals surface area contributed by atoms with E-state index in [9.17, 15) is 0 Å². The minimum atomic E-state index is -2.13. The van der Waals surface area contributed by atoms with Gasteiger partial charge >= 0.3 is 132 Å². The van der Waals surface area contributed by atoms with Crippen LogP contribution in [0.25, 0.3) is 0 Å². The van der Waals surface area contributed by atoms with Gasteiger partial charge in [-0.3, -0.25) is 0 Å². The van der Waals surface area contributed by atoms with Crippen molar-refractivity contribution >= 4 is 18.4 Å². The molecule has 116 valence electrons. The van der Waals surface area contributed by atoms with Crippen LogP contribution in [0.5, 0.6) is 0 Å². The first-order chi connectivity index (χ1) is 9.76. The zero-order chi connectivity index (χ0) is 14.7. The van der Waals surface area contributed by atoms with Crippen molar-refractivity contribution in [2.45, 2.75) is 98.3 Å². The van der Waals surface area contributed by atoms with Gasteiger partial charge in [-0.15, -0.1) is 0 Å². The summed E-state index contributed by atoms with van der Waals surface area (Å²) in [7, 11) is 0. The molecule has 1 aliphatic carbocycles. The summed E-state index contributed by atoms with van der Waals surface area (Å²) >= 11 is -2.13. The molecule has 0 nitrogen and oxygen atoms in total. The third-order valence-electron chi connectivity index (χ3n) is 4.92. The van der Waals surface area contributed by atoms with Gasteiger partial charge in [0.1, 0.15) is 0 Å². The summed E-state index contributed by atoms with van der Waals surface area (Å²) in [6.45, 7) is 7.04. The molecule has 20 heavy (non-hydrogen) atoms. The Morgan fingerprint density at radius 1 is 0.800 bits per heavy atom. The van der Waals surface area contributed by atoms with Crippen molar-refractivity contribution in [1.82, 2.24) is 0 Å². The molecule has 0 unspecified atom stereocenters. The Balaban J connectivity index is 2.74. The molecule has 0 saturated heterocycles. The quantitative estimate of drug-likeness (QED) is 0.312. The molecule has 0 spiro atoms. The first-order valence-electron chi connectivity index (χ1n) is 9.29. The molecule has 0 N–H and O–H groups in total. The molecule has 1 aliphatic rings. The predicted octanol–water partition coefficient (Wildman–Crippen LogP) is 6.57. The Morgan fingerprint density at radius 2 is 1.25 bits per heavy atom. The molecule has 0 aromatic carbocycles. The van der Waals surface area contributed by atoms with Gasteiger partial charge in [0.15, 0.2) is 0 Å². The van der Waals surface area contributed by atoms with Gasteiger partial charge in [0.25, 0.3) is 0 Å². The standard InChI is InChI=1S/C7H9.3C4H9.Sn/c1-2-7-5-3-4-6-7;3*1-3-4-2;/h7H,3-6H2;3*1,3-4H2,2H3;. The van der Waals surface area contributed by atoms with Crippen LogP contribution in [0.15, 0.2) is 0 Å². The summed E-state index contributed by atoms with van der Waals surface area (Å²) in [6, 6.07) is 0. The second kappa shape index (κ2) is 11.0. The van der Waals surface area contributed by atoms with Crippen LogP contribution in [0.4, 0.5) is 0 Å². The fourth-order valence-electron chi connectivity index (χ4n) is 3.43. The van der Waals surface area contributed by atoms with Crippen molar-refractivity contribution in [3.05, 3.63) is 0 Å². The van der Waals surface area contributed by atoms with Crippen LogP contribution < -0.4 is 0 Å². The van der Waals surface area contributed by atoms with Crippen LogP contribution in [-0.2, 0) is 0 Å². The molecule has 1 saturated carbocycles. The number of hydrogen-bond donors (Lipinski definition) is 0. The third-order valence-corrected chi connectivity index (χ3v) is 18.1. The third kappa shape index (κ3) is 6.88. The molecule has 0 bridgehead atoms. The van der Waals surface area contributed by atoms with Crippen molar-refractivity contribution < 1.29 is 0 Å². The molecular formula is C19H36Sn. The molecule has 1 rings (SSSR count). The second-order valence-corrected chi connectivity index (χ2v) is 19.1. The SMILES string of the molecule is CCC[CH2][Sn]([C]#CC1CCCC1)([CH2]CCC)[CH2]CCC. The summed E-state index contributed by atoms with van der Waals surface area (Å²) in [5.41, 5.74) is 0. The number of rotatable bonds is 9. The van der Waals surface area contributed by atoms with Gasteiger partial charge in [0.2, 0.25) is 0 Å². The molecule has 0 aliphatic heterocycles. The van der Waals surface area contributed by atoms with E-state index in [1.54, 1.807) is 13.3 Å². The van der Waals surface area contributed by atoms with E-state index in [1.807, 2.05) is 0 Å². The molecular weight excluding hydrogens is 347 g/mol. The fraction of sp³-hybridized carbons (Fsp3) is 0.895. The summed E-state index contributed by atoms with van der Waals surface area (Å²) in [5, 5.41) is 0. The van der Waals surface area contributed by atoms with Crippen LogP contribution in [-0.4, -0.2) is 18.4 Å². The van der Waals surface area contributed by atoms with Crippen LogP contribution in [0, 0.1) is 15.8 Å². The molecule has 0 aromatic heterocycles. The molecule has 0 amide bonds. The van der Waals surface area contributed by atoms with E-state index in [1.165, 1.54) is 64.2 Å². The average Bonchev–Trinajstić information content (AvgIpc) is 2.99. The van der Waals surface area contributed by atoms with E-state index in [2.05, 4.69) is 30.6 Å². The molecule has 0 aromatic rings. The monoisotopic (exact) mass is 384 g/mol. The molecule has 0 radical (unpaired) electrons. The van der Waals surface area contributed by atoms with Gasteiger partial charge in [0, 0.05) is 0 Å². The summed E-state index contributed by atoms with van der Waals surface area (Å²) in [6.07, 6.45) is 14.1. The van der Waals surface area contributed by atoms with E-state index < -0.39 is 18.4 Å². The Morgan fingerprint density at radius 3 is 1.65 bits per heavy atom. The van der Waals surface area contributed by atoms with Gasteiger partial charge in [-0.2, -0.15) is 0 Å². The molecule has 1 heteroatoms. The Hall–Kier alpha value is 0.359. The zero-order valence-electron chi connectivity index (χ0n) is 14.3. The Bertz CT molecular complexity index is 269. The fourth-order valence-corrected chi connectivity index (χ4v) is 16.9. The average molecular weight is 383 g/mol. The van der Waals surface area contributed by atoms with Crippen molar-refractivity contribution in [3.63, 3.8) is 0 Å². The zero-order valence-corrected chi connectivity index (χ0v) is 17.1. The topological polar surface area (TPSA) is 0 Å². The van der Waals surface area contributed by atoms with Gasteiger partial charge in [-0.05, 0) is 0 Å². The van der Waals surface area contributed by atoms with Crippen molar-refractivity contribution in [3.8, 4) is 9.86 Å². The first kappa shape index (κ1) is 18.4. The van der Waals surface area contributed by atoms with Crippen molar-refractivity contribution in [2.24, 2.45) is 5.92 Å². The summed E-state index contributed by atoms with van der Waals surface area (Å²) in [4.78, 5) is 0. The van der Waals surface area contributed by atoms with E-state index in [0.717, 1.165) is 5.92 Å². The normalized spacial score (nSPS) is 16.1. The number of unbranched alkanes of at least 4 members (excludes halogenated alkanes) is 3. The number of hydrogen-bond acceptors (Lipinski definition) is 0. The summed E-state index contributed by atoms with van der Waals surface area (Å²) < 4.78 is 8.68. The van der Waals surface area contributed by atoms with Gasteiger partial charge in [-0.25, -0.2) is 0 Å². The minimum absolute atomic E-state index is 0.774. The first-order valence-corrected chi connectivity index (χ1v) is 16.8. The van der Waals surface area contributed by atoms with E-state index in [4.69, 9.17) is 0 Å². The summed E-state index contributed by atoms with van der Waals surface area (Å²) in [5.74, 6) is 4.57. The maximum absolute atomic E-state index is 4.04. The van der Waals surface area contributed by atoms with Gasteiger partial charge in [0.05, 0.1) is 0 Å². The van der Waals surface area contributed by atoms with Crippen molar-refractivity contribution in [2.75, 3.05) is 0 Å². The molecule has 0 atom stereocenters.